The van der Waals surface area contributed by atoms with Gasteiger partial charge in [-0.05, 0) is 6.92 Å². The summed E-state index contributed by atoms with van der Waals surface area (Å²) in [6, 6.07) is 0. The van der Waals surface area contributed by atoms with Crippen LogP contribution in [0.15, 0.2) is 5.38 Å². The van der Waals surface area contributed by atoms with Crippen molar-refractivity contribution in [3.8, 4) is 0 Å². The summed E-state index contributed by atoms with van der Waals surface area (Å²) in [7, 11) is 1.68. The van der Waals surface area contributed by atoms with Crippen LogP contribution in [0.5, 0.6) is 0 Å². The highest BCUT2D eigenvalue weighted by molar-refractivity contribution is 7.13. The largest absolute Gasteiger partial charge is 0.461 e. The fraction of sp³-hybridized carbons (Fsp3) is 0.667. The van der Waals surface area contributed by atoms with Crippen molar-refractivity contribution >= 4 is 22.4 Å². The number of aromatic nitrogens is 1. The van der Waals surface area contributed by atoms with Crippen molar-refractivity contribution in [1.29, 1.82) is 0 Å². The molecule has 0 radical (unpaired) electrons. The van der Waals surface area contributed by atoms with Crippen LogP contribution in [0.3, 0.4) is 0 Å². The van der Waals surface area contributed by atoms with Crippen molar-refractivity contribution in [3.05, 3.63) is 11.1 Å². The molecule has 1 unspecified atom stereocenters. The van der Waals surface area contributed by atoms with E-state index in [1.807, 2.05) is 0 Å². The zero-order chi connectivity index (χ0) is 13.7. The van der Waals surface area contributed by atoms with Crippen molar-refractivity contribution in [3.63, 3.8) is 0 Å². The van der Waals surface area contributed by atoms with Crippen molar-refractivity contribution in [2.75, 3.05) is 38.8 Å². The molecule has 0 spiro atoms. The highest BCUT2D eigenvalue weighted by Crippen LogP contribution is 2.24. The van der Waals surface area contributed by atoms with E-state index in [0.717, 1.165) is 6.42 Å². The molecule has 7 heteroatoms. The van der Waals surface area contributed by atoms with Gasteiger partial charge in [0.15, 0.2) is 10.8 Å². The number of esters is 1. The molecule has 6 nitrogen and oxygen atoms in total. The molecule has 0 aliphatic carbocycles. The second-order valence-corrected chi connectivity index (χ2v) is 5.16. The van der Waals surface area contributed by atoms with E-state index in [4.69, 9.17) is 14.2 Å². The minimum Gasteiger partial charge on any atom is -0.461 e. The van der Waals surface area contributed by atoms with Gasteiger partial charge in [-0.2, -0.15) is 0 Å². The molecule has 1 aromatic heterocycles. The number of nitrogens with one attached hydrogen (secondary N) is 1. The number of hydrogen-bond donors (Lipinski definition) is 1. The molecule has 0 saturated carbocycles. The minimum atomic E-state index is -0.391. The van der Waals surface area contributed by atoms with Crippen LogP contribution in [0.1, 0.15) is 23.8 Å². The number of nitrogens with zero attached hydrogens (tertiary/aromatic N) is 1. The molecule has 106 valence electrons. The van der Waals surface area contributed by atoms with E-state index in [9.17, 15) is 4.79 Å². The standard InChI is InChI=1S/C12H18N2O4S/c1-3-18-10(15)9-6-19-11(14-9)13-7-12(16-2)4-5-17-8-12/h6H,3-5,7-8H2,1-2H3,(H,13,14). The summed E-state index contributed by atoms with van der Waals surface area (Å²) in [6.45, 7) is 4.02. The van der Waals surface area contributed by atoms with Crippen LogP contribution in [0, 0.1) is 0 Å². The van der Waals surface area contributed by atoms with Crippen molar-refractivity contribution in [2.24, 2.45) is 0 Å². The Morgan fingerprint density at radius 1 is 1.68 bits per heavy atom. The molecular formula is C12H18N2O4S. The molecule has 0 amide bonds. The summed E-state index contributed by atoms with van der Waals surface area (Å²) in [5.74, 6) is -0.391. The first-order valence-electron chi connectivity index (χ1n) is 6.18. The van der Waals surface area contributed by atoms with Gasteiger partial charge in [-0.25, -0.2) is 9.78 Å². The van der Waals surface area contributed by atoms with E-state index in [-0.39, 0.29) is 5.60 Å². The Bertz CT molecular complexity index is 429. The van der Waals surface area contributed by atoms with Gasteiger partial charge in [0, 0.05) is 32.1 Å². The third-order valence-corrected chi connectivity index (χ3v) is 3.85. The third kappa shape index (κ3) is 3.43. The number of thiazole rings is 1. The van der Waals surface area contributed by atoms with E-state index in [2.05, 4.69) is 10.3 Å². The quantitative estimate of drug-likeness (QED) is 0.800. The van der Waals surface area contributed by atoms with Crippen LogP contribution in [-0.2, 0) is 14.2 Å². The van der Waals surface area contributed by atoms with Gasteiger partial charge in [-0.1, -0.05) is 0 Å². The summed E-state index contributed by atoms with van der Waals surface area (Å²) < 4.78 is 15.8. The van der Waals surface area contributed by atoms with Crippen LogP contribution in [0.25, 0.3) is 0 Å². The monoisotopic (exact) mass is 286 g/mol. The maximum atomic E-state index is 11.5. The smallest absolute Gasteiger partial charge is 0.357 e. The zero-order valence-electron chi connectivity index (χ0n) is 11.1. The summed E-state index contributed by atoms with van der Waals surface area (Å²) in [6.07, 6.45) is 0.854. The highest BCUT2D eigenvalue weighted by Gasteiger charge is 2.34. The lowest BCUT2D eigenvalue weighted by Crippen LogP contribution is -2.39. The van der Waals surface area contributed by atoms with Gasteiger partial charge < -0.3 is 19.5 Å². The fourth-order valence-electron chi connectivity index (χ4n) is 1.85. The predicted octanol–water partition coefficient (Wildman–Crippen LogP) is 1.54. The second-order valence-electron chi connectivity index (χ2n) is 4.30. The van der Waals surface area contributed by atoms with Crippen molar-refractivity contribution in [1.82, 2.24) is 4.98 Å². The Labute approximate surface area is 116 Å². The molecule has 1 saturated heterocycles. The molecule has 1 aliphatic rings. The lowest BCUT2D eigenvalue weighted by atomic mass is 10.0. The number of carbonyl (C=O) groups excluding carboxylic acids is 1. The Balaban J connectivity index is 1.91. The van der Waals surface area contributed by atoms with Gasteiger partial charge in [0.1, 0.15) is 5.60 Å². The van der Waals surface area contributed by atoms with E-state index < -0.39 is 5.97 Å². The zero-order valence-corrected chi connectivity index (χ0v) is 11.9. The van der Waals surface area contributed by atoms with Gasteiger partial charge >= 0.3 is 5.97 Å². The Kier molecular flexibility index (Phi) is 4.73. The Morgan fingerprint density at radius 3 is 3.16 bits per heavy atom. The topological polar surface area (TPSA) is 69.7 Å². The SMILES string of the molecule is CCOC(=O)c1csc(NCC2(OC)CCOC2)n1. The Morgan fingerprint density at radius 2 is 2.53 bits per heavy atom. The summed E-state index contributed by atoms with van der Waals surface area (Å²) in [4.78, 5) is 15.7. The third-order valence-electron chi connectivity index (χ3n) is 3.05. The predicted molar refractivity (Wildman–Crippen MR) is 71.7 cm³/mol. The number of rotatable bonds is 6. The van der Waals surface area contributed by atoms with Gasteiger partial charge in [0.25, 0.3) is 0 Å². The van der Waals surface area contributed by atoms with Gasteiger partial charge in [-0.3, -0.25) is 0 Å². The molecule has 1 fully saturated rings. The fourth-order valence-corrected chi connectivity index (χ4v) is 2.53. The van der Waals surface area contributed by atoms with Crippen molar-refractivity contribution < 1.29 is 19.0 Å². The number of ether oxygens (including phenoxy) is 3. The minimum absolute atomic E-state index is 0.296. The molecule has 1 aromatic rings. The van der Waals surface area contributed by atoms with E-state index in [0.29, 0.717) is 37.2 Å². The maximum absolute atomic E-state index is 11.5. The van der Waals surface area contributed by atoms with E-state index in [1.54, 1.807) is 19.4 Å². The van der Waals surface area contributed by atoms with E-state index >= 15 is 0 Å². The molecular weight excluding hydrogens is 268 g/mol. The summed E-state index contributed by atoms with van der Waals surface area (Å²) >= 11 is 1.38. The lowest BCUT2D eigenvalue weighted by molar-refractivity contribution is -0.00620. The second kappa shape index (κ2) is 6.31. The highest BCUT2D eigenvalue weighted by atomic mass is 32.1. The molecule has 2 heterocycles. The molecule has 1 aliphatic heterocycles. The number of anilines is 1. The number of hydrogen-bond acceptors (Lipinski definition) is 7. The normalized spacial score (nSPS) is 22.4. The molecule has 1 N–H and O–H groups in total. The molecule has 2 rings (SSSR count). The molecule has 0 aromatic carbocycles. The van der Waals surface area contributed by atoms with Crippen LogP contribution in [-0.4, -0.2) is 50.0 Å². The maximum Gasteiger partial charge on any atom is 0.357 e. The Hall–Kier alpha value is -1.18. The first kappa shape index (κ1) is 14.2. The first-order chi connectivity index (χ1) is 9.19. The van der Waals surface area contributed by atoms with Crippen LogP contribution in [0.2, 0.25) is 0 Å². The van der Waals surface area contributed by atoms with E-state index in [1.165, 1.54) is 11.3 Å². The number of methoxy groups -OCH3 is 1. The molecule has 19 heavy (non-hydrogen) atoms. The summed E-state index contributed by atoms with van der Waals surface area (Å²) in [5, 5.41) is 5.56. The lowest BCUT2D eigenvalue weighted by Gasteiger charge is -2.25. The van der Waals surface area contributed by atoms with Gasteiger partial charge in [0.05, 0.1) is 13.2 Å². The van der Waals surface area contributed by atoms with Gasteiger partial charge in [0.2, 0.25) is 0 Å². The average Bonchev–Trinajstić information content (AvgIpc) is 3.07. The van der Waals surface area contributed by atoms with Crippen LogP contribution < -0.4 is 5.32 Å². The number of carbonyl (C=O) groups is 1. The van der Waals surface area contributed by atoms with Crippen molar-refractivity contribution in [2.45, 2.75) is 18.9 Å². The molecule has 0 bridgehead atoms. The first-order valence-corrected chi connectivity index (χ1v) is 7.06. The summed E-state index contributed by atoms with van der Waals surface area (Å²) in [5.41, 5.74) is 0.0407. The average molecular weight is 286 g/mol. The van der Waals surface area contributed by atoms with Crippen LogP contribution in [0.4, 0.5) is 5.13 Å². The van der Waals surface area contributed by atoms with Gasteiger partial charge in [-0.15, -0.1) is 11.3 Å². The van der Waals surface area contributed by atoms with Crippen LogP contribution >= 0.6 is 11.3 Å². The molecule has 1 atom stereocenters.